The van der Waals surface area contributed by atoms with Crippen LogP contribution in [0.25, 0.3) is 0 Å². The first-order chi connectivity index (χ1) is 10.1. The summed E-state index contributed by atoms with van der Waals surface area (Å²) in [7, 11) is 0. The van der Waals surface area contributed by atoms with Gasteiger partial charge in [-0.1, -0.05) is 26.8 Å². The van der Waals surface area contributed by atoms with Crippen molar-refractivity contribution in [3.63, 3.8) is 0 Å². The zero-order valence-electron chi connectivity index (χ0n) is 14.2. The van der Waals surface area contributed by atoms with Gasteiger partial charge in [-0.25, -0.2) is 0 Å². The van der Waals surface area contributed by atoms with E-state index in [1.54, 1.807) is 0 Å². The first-order valence-corrected chi connectivity index (χ1v) is 8.15. The molecule has 0 aliphatic carbocycles. The standard InChI is InChI=1S/C18H31NO2/c1-6-10-19-15(5)16-8-9-18(21-7-2)17(11-16)13-20-12-14(3)4/h8-9,11,14-15,19H,6-7,10,12-13H2,1-5H3. The lowest BCUT2D eigenvalue weighted by molar-refractivity contribution is 0.0950. The fraction of sp³-hybridized carbons (Fsp3) is 0.667. The highest BCUT2D eigenvalue weighted by Crippen LogP contribution is 2.24. The fourth-order valence-electron chi connectivity index (χ4n) is 2.16. The molecule has 21 heavy (non-hydrogen) atoms. The Bertz CT molecular complexity index is 404. The molecule has 0 aliphatic heterocycles. The maximum atomic E-state index is 5.78. The third-order valence-electron chi connectivity index (χ3n) is 3.29. The van der Waals surface area contributed by atoms with Crippen LogP contribution >= 0.6 is 0 Å². The molecule has 1 aromatic carbocycles. The molecule has 120 valence electrons. The van der Waals surface area contributed by atoms with Crippen LogP contribution < -0.4 is 10.1 Å². The van der Waals surface area contributed by atoms with Crippen LogP contribution in [0.15, 0.2) is 18.2 Å². The number of benzene rings is 1. The van der Waals surface area contributed by atoms with Crippen LogP contribution in [0.5, 0.6) is 5.75 Å². The summed E-state index contributed by atoms with van der Waals surface area (Å²) in [5.41, 5.74) is 2.43. The lowest BCUT2D eigenvalue weighted by Gasteiger charge is -2.17. The molecule has 1 atom stereocenters. The van der Waals surface area contributed by atoms with E-state index in [-0.39, 0.29) is 0 Å². The minimum Gasteiger partial charge on any atom is -0.494 e. The summed E-state index contributed by atoms with van der Waals surface area (Å²) in [6.45, 7) is 13.8. The SMILES string of the molecule is CCCNC(C)c1ccc(OCC)c(COCC(C)C)c1. The molecular formula is C18H31NO2. The Morgan fingerprint density at radius 3 is 2.52 bits per heavy atom. The van der Waals surface area contributed by atoms with Gasteiger partial charge in [0, 0.05) is 18.2 Å². The molecule has 0 bridgehead atoms. The van der Waals surface area contributed by atoms with Crippen molar-refractivity contribution in [2.24, 2.45) is 5.92 Å². The van der Waals surface area contributed by atoms with Crippen LogP contribution in [0.2, 0.25) is 0 Å². The number of hydrogen-bond acceptors (Lipinski definition) is 3. The summed E-state index contributed by atoms with van der Waals surface area (Å²) in [6.07, 6.45) is 1.14. The number of nitrogens with one attached hydrogen (secondary N) is 1. The van der Waals surface area contributed by atoms with Crippen LogP contribution in [-0.4, -0.2) is 19.8 Å². The molecule has 3 heteroatoms. The molecule has 0 spiro atoms. The molecule has 1 aromatic rings. The summed E-state index contributed by atoms with van der Waals surface area (Å²) < 4.78 is 11.5. The van der Waals surface area contributed by atoms with Gasteiger partial charge in [0.2, 0.25) is 0 Å². The largest absolute Gasteiger partial charge is 0.494 e. The molecule has 0 fully saturated rings. The van der Waals surface area contributed by atoms with E-state index in [9.17, 15) is 0 Å². The molecule has 1 rings (SSSR count). The highest BCUT2D eigenvalue weighted by Gasteiger charge is 2.10. The van der Waals surface area contributed by atoms with Crippen molar-refractivity contribution in [3.8, 4) is 5.75 Å². The van der Waals surface area contributed by atoms with E-state index in [0.717, 1.165) is 30.9 Å². The van der Waals surface area contributed by atoms with Crippen LogP contribution in [0.4, 0.5) is 0 Å². The predicted octanol–water partition coefficient (Wildman–Crippen LogP) is 4.32. The normalized spacial score (nSPS) is 12.7. The average Bonchev–Trinajstić information content (AvgIpc) is 2.46. The van der Waals surface area contributed by atoms with Gasteiger partial charge < -0.3 is 14.8 Å². The van der Waals surface area contributed by atoms with Crippen molar-refractivity contribution < 1.29 is 9.47 Å². The van der Waals surface area contributed by atoms with Crippen LogP contribution in [0, 0.1) is 5.92 Å². The summed E-state index contributed by atoms with van der Waals surface area (Å²) in [5, 5.41) is 3.52. The maximum Gasteiger partial charge on any atom is 0.124 e. The number of ether oxygens (including phenoxy) is 2. The quantitative estimate of drug-likeness (QED) is 0.697. The van der Waals surface area contributed by atoms with Gasteiger partial charge in [0.05, 0.1) is 13.2 Å². The Kier molecular flexibility index (Phi) is 8.40. The second-order valence-electron chi connectivity index (χ2n) is 5.88. The molecule has 0 heterocycles. The molecular weight excluding hydrogens is 262 g/mol. The average molecular weight is 293 g/mol. The zero-order chi connectivity index (χ0) is 15.7. The van der Waals surface area contributed by atoms with Crippen molar-refractivity contribution in [2.45, 2.75) is 53.7 Å². The second kappa shape index (κ2) is 9.80. The van der Waals surface area contributed by atoms with E-state index in [4.69, 9.17) is 9.47 Å². The van der Waals surface area contributed by atoms with Crippen LogP contribution in [0.3, 0.4) is 0 Å². The van der Waals surface area contributed by atoms with Gasteiger partial charge >= 0.3 is 0 Å². The molecule has 0 amide bonds. The predicted molar refractivity (Wildman–Crippen MR) is 88.8 cm³/mol. The minimum absolute atomic E-state index is 0.351. The van der Waals surface area contributed by atoms with Crippen molar-refractivity contribution in [3.05, 3.63) is 29.3 Å². The maximum absolute atomic E-state index is 5.78. The van der Waals surface area contributed by atoms with Gasteiger partial charge in [-0.3, -0.25) is 0 Å². The van der Waals surface area contributed by atoms with Crippen LogP contribution in [0.1, 0.15) is 58.2 Å². The van der Waals surface area contributed by atoms with E-state index < -0.39 is 0 Å². The summed E-state index contributed by atoms with van der Waals surface area (Å²) in [5.74, 6) is 1.49. The lowest BCUT2D eigenvalue weighted by atomic mass is 10.0. The molecule has 0 aromatic heterocycles. The lowest BCUT2D eigenvalue weighted by Crippen LogP contribution is -2.19. The monoisotopic (exact) mass is 293 g/mol. The molecule has 1 N–H and O–H groups in total. The molecule has 0 saturated carbocycles. The Balaban J connectivity index is 2.78. The van der Waals surface area contributed by atoms with E-state index in [1.165, 1.54) is 5.56 Å². The van der Waals surface area contributed by atoms with Crippen LogP contribution in [-0.2, 0) is 11.3 Å². The highest BCUT2D eigenvalue weighted by atomic mass is 16.5. The summed E-state index contributed by atoms with van der Waals surface area (Å²) in [4.78, 5) is 0. The first kappa shape index (κ1) is 18.0. The van der Waals surface area contributed by atoms with Gasteiger partial charge in [-0.15, -0.1) is 0 Å². The third kappa shape index (κ3) is 6.49. The van der Waals surface area contributed by atoms with E-state index in [2.05, 4.69) is 51.2 Å². The van der Waals surface area contributed by atoms with Gasteiger partial charge in [-0.2, -0.15) is 0 Å². The Morgan fingerprint density at radius 2 is 1.90 bits per heavy atom. The van der Waals surface area contributed by atoms with Crippen molar-refractivity contribution in [1.82, 2.24) is 5.32 Å². The van der Waals surface area contributed by atoms with E-state index >= 15 is 0 Å². The van der Waals surface area contributed by atoms with E-state index in [1.807, 2.05) is 6.92 Å². The zero-order valence-corrected chi connectivity index (χ0v) is 14.2. The molecule has 0 radical (unpaired) electrons. The second-order valence-corrected chi connectivity index (χ2v) is 5.88. The Labute approximate surface area is 130 Å². The van der Waals surface area contributed by atoms with Gasteiger partial charge in [0.15, 0.2) is 0 Å². The van der Waals surface area contributed by atoms with Gasteiger partial charge in [0.25, 0.3) is 0 Å². The van der Waals surface area contributed by atoms with Crippen molar-refractivity contribution >= 4 is 0 Å². The third-order valence-corrected chi connectivity index (χ3v) is 3.29. The van der Waals surface area contributed by atoms with Crippen molar-refractivity contribution in [2.75, 3.05) is 19.8 Å². The number of rotatable bonds is 10. The Hall–Kier alpha value is -1.06. The molecule has 0 aliphatic rings. The Morgan fingerprint density at radius 1 is 1.14 bits per heavy atom. The van der Waals surface area contributed by atoms with Gasteiger partial charge in [0.1, 0.15) is 5.75 Å². The van der Waals surface area contributed by atoms with Gasteiger partial charge in [-0.05, 0) is 50.4 Å². The van der Waals surface area contributed by atoms with E-state index in [0.29, 0.717) is 25.2 Å². The minimum atomic E-state index is 0.351. The molecule has 0 saturated heterocycles. The molecule has 1 unspecified atom stereocenters. The fourth-order valence-corrected chi connectivity index (χ4v) is 2.16. The highest BCUT2D eigenvalue weighted by molar-refractivity contribution is 5.38. The number of hydrogen-bond donors (Lipinski definition) is 1. The first-order valence-electron chi connectivity index (χ1n) is 8.15. The summed E-state index contributed by atoms with van der Waals surface area (Å²) in [6, 6.07) is 6.77. The summed E-state index contributed by atoms with van der Waals surface area (Å²) >= 11 is 0. The smallest absolute Gasteiger partial charge is 0.124 e. The topological polar surface area (TPSA) is 30.5 Å². The van der Waals surface area contributed by atoms with Crippen molar-refractivity contribution in [1.29, 1.82) is 0 Å². The molecule has 3 nitrogen and oxygen atoms in total.